The summed E-state index contributed by atoms with van der Waals surface area (Å²) >= 11 is 0. The molecule has 4 heteroatoms. The van der Waals surface area contributed by atoms with Crippen LogP contribution in [0, 0.1) is 0 Å². The maximum Gasteiger partial charge on any atom is 0.246 e. The topological polar surface area (TPSA) is 58.2 Å². The van der Waals surface area contributed by atoms with Gasteiger partial charge in [0.05, 0.1) is 0 Å². The fourth-order valence-electron chi connectivity index (χ4n) is 1.26. The Morgan fingerprint density at radius 3 is 2.33 bits per heavy atom. The highest BCUT2D eigenvalue weighted by Gasteiger charge is 2.18. The molecule has 0 radical (unpaired) electrons. The Morgan fingerprint density at radius 1 is 1.33 bits per heavy atom. The molecule has 0 aliphatic carbocycles. The van der Waals surface area contributed by atoms with Crippen LogP contribution < -0.4 is 10.6 Å². The Morgan fingerprint density at radius 2 is 1.89 bits per heavy atom. The molecule has 0 aliphatic rings. The molecule has 0 aliphatic heterocycles. The summed E-state index contributed by atoms with van der Waals surface area (Å²) in [6, 6.07) is 0.123. The number of hydrogen-bond acceptors (Lipinski definition) is 2. The molecule has 0 rings (SSSR count). The molecule has 0 bridgehead atoms. The molecule has 0 saturated heterocycles. The third-order valence-corrected chi connectivity index (χ3v) is 2.17. The fraction of sp³-hybridized carbons (Fsp3) is 0.571. The van der Waals surface area contributed by atoms with Gasteiger partial charge in [0.1, 0.15) is 0 Å². The minimum absolute atomic E-state index is 0.118. The van der Waals surface area contributed by atoms with Crippen LogP contribution in [0.15, 0.2) is 24.3 Å². The van der Waals surface area contributed by atoms with E-state index in [1.54, 1.807) is 13.0 Å². The lowest BCUT2D eigenvalue weighted by atomic mass is 10.00. The molecule has 0 unspecified atom stereocenters. The second-order valence-corrected chi connectivity index (χ2v) is 5.39. The fourth-order valence-corrected chi connectivity index (χ4v) is 1.26. The molecule has 4 nitrogen and oxygen atoms in total. The lowest BCUT2D eigenvalue weighted by Gasteiger charge is -2.24. The van der Waals surface area contributed by atoms with E-state index in [1.807, 2.05) is 27.7 Å². The van der Waals surface area contributed by atoms with Gasteiger partial charge in [-0.25, -0.2) is 0 Å². The molecule has 0 aromatic heterocycles. The van der Waals surface area contributed by atoms with Gasteiger partial charge in [-0.05, 0) is 47.1 Å². The predicted molar refractivity (Wildman–Crippen MR) is 74.1 cm³/mol. The van der Waals surface area contributed by atoms with E-state index in [1.165, 1.54) is 6.08 Å². The maximum absolute atomic E-state index is 11.5. The van der Waals surface area contributed by atoms with Crippen molar-refractivity contribution in [1.82, 2.24) is 10.6 Å². The molecule has 0 aromatic rings. The van der Waals surface area contributed by atoms with Gasteiger partial charge in [0.15, 0.2) is 0 Å². The number of nitrogens with one attached hydrogen (secondary N) is 2. The molecule has 2 N–H and O–H groups in total. The number of carbonyl (C=O) groups excluding carboxylic acids is 2. The van der Waals surface area contributed by atoms with Gasteiger partial charge in [-0.2, -0.15) is 0 Å². The van der Waals surface area contributed by atoms with Gasteiger partial charge in [-0.15, -0.1) is 0 Å². The van der Waals surface area contributed by atoms with Crippen molar-refractivity contribution in [2.45, 2.75) is 52.6 Å². The van der Waals surface area contributed by atoms with Gasteiger partial charge in [0, 0.05) is 17.2 Å². The van der Waals surface area contributed by atoms with Crippen molar-refractivity contribution in [2.75, 3.05) is 0 Å². The molecule has 102 valence electrons. The molecule has 0 spiro atoms. The van der Waals surface area contributed by atoms with Crippen molar-refractivity contribution in [1.29, 1.82) is 0 Å². The van der Waals surface area contributed by atoms with Gasteiger partial charge in [0.2, 0.25) is 11.8 Å². The van der Waals surface area contributed by atoms with Crippen LogP contribution in [0.4, 0.5) is 0 Å². The Bertz CT molecular complexity index is 355. The van der Waals surface area contributed by atoms with Crippen molar-refractivity contribution in [3.8, 4) is 0 Å². The van der Waals surface area contributed by atoms with Gasteiger partial charge >= 0.3 is 0 Å². The van der Waals surface area contributed by atoms with Crippen molar-refractivity contribution >= 4 is 11.8 Å². The molecule has 0 heterocycles. The van der Waals surface area contributed by atoms with Crippen LogP contribution in [0.3, 0.4) is 0 Å². The zero-order chi connectivity index (χ0) is 14.3. The third-order valence-electron chi connectivity index (χ3n) is 2.17. The smallest absolute Gasteiger partial charge is 0.246 e. The van der Waals surface area contributed by atoms with E-state index in [2.05, 4.69) is 17.2 Å². The number of hydrogen-bond donors (Lipinski definition) is 2. The average molecular weight is 252 g/mol. The first-order valence-corrected chi connectivity index (χ1v) is 6.09. The maximum atomic E-state index is 11.5. The number of rotatable bonds is 6. The summed E-state index contributed by atoms with van der Waals surface area (Å²) in [6.07, 6.45) is 3.84. The summed E-state index contributed by atoms with van der Waals surface area (Å²) < 4.78 is 0. The Balaban J connectivity index is 4.26. The zero-order valence-electron chi connectivity index (χ0n) is 12.0. The molecule has 18 heavy (non-hydrogen) atoms. The van der Waals surface area contributed by atoms with Gasteiger partial charge < -0.3 is 10.6 Å². The summed E-state index contributed by atoms with van der Waals surface area (Å²) in [5.41, 5.74) is 0.0783. The van der Waals surface area contributed by atoms with Crippen molar-refractivity contribution in [2.24, 2.45) is 0 Å². The van der Waals surface area contributed by atoms with E-state index in [0.717, 1.165) is 0 Å². The van der Waals surface area contributed by atoms with Crippen LogP contribution in [0.1, 0.15) is 41.0 Å². The third kappa shape index (κ3) is 7.65. The molecule has 0 aromatic carbocycles. The van der Waals surface area contributed by atoms with Crippen LogP contribution in [0.25, 0.3) is 0 Å². The SMILES string of the molecule is C=C(C)C(=O)NC(C)(C)C/C=C\C(=O)NC(C)C. The summed E-state index contributed by atoms with van der Waals surface area (Å²) in [5.74, 6) is -0.285. The Kier molecular flexibility index (Phi) is 6.37. The highest BCUT2D eigenvalue weighted by molar-refractivity contribution is 5.92. The number of amides is 2. The van der Waals surface area contributed by atoms with E-state index < -0.39 is 5.54 Å². The molecule has 0 saturated carbocycles. The minimum atomic E-state index is -0.398. The highest BCUT2D eigenvalue weighted by atomic mass is 16.2. The zero-order valence-corrected chi connectivity index (χ0v) is 12.0. The molecular weight excluding hydrogens is 228 g/mol. The molecular formula is C14H24N2O2. The number of carbonyl (C=O) groups is 2. The van der Waals surface area contributed by atoms with Gasteiger partial charge in [0.25, 0.3) is 0 Å². The van der Waals surface area contributed by atoms with Crippen LogP contribution in [-0.4, -0.2) is 23.4 Å². The first kappa shape index (κ1) is 16.4. The van der Waals surface area contributed by atoms with Gasteiger partial charge in [-0.3, -0.25) is 9.59 Å². The second-order valence-electron chi connectivity index (χ2n) is 5.39. The summed E-state index contributed by atoms with van der Waals surface area (Å²) in [6.45, 7) is 12.9. The lowest BCUT2D eigenvalue weighted by molar-refractivity contribution is -0.119. The van der Waals surface area contributed by atoms with Gasteiger partial charge in [-0.1, -0.05) is 12.7 Å². The summed E-state index contributed by atoms with van der Waals surface area (Å²) in [5, 5.41) is 5.61. The quantitative estimate of drug-likeness (QED) is 0.710. The monoisotopic (exact) mass is 252 g/mol. The molecule has 2 amide bonds. The lowest BCUT2D eigenvalue weighted by Crippen LogP contribution is -2.43. The second kappa shape index (κ2) is 6.99. The standard InChI is InChI=1S/C14H24N2O2/c1-10(2)13(18)16-14(5,6)9-7-8-12(17)15-11(3)4/h7-8,11H,1,9H2,2-6H3,(H,15,17)(H,16,18)/b8-7-. The minimum Gasteiger partial charge on any atom is -0.350 e. The van der Waals surface area contributed by atoms with Crippen LogP contribution >= 0.6 is 0 Å². The van der Waals surface area contributed by atoms with Crippen molar-refractivity contribution in [3.63, 3.8) is 0 Å². The predicted octanol–water partition coefficient (Wildman–Crippen LogP) is 1.93. The highest BCUT2D eigenvalue weighted by Crippen LogP contribution is 2.10. The van der Waals surface area contributed by atoms with E-state index in [0.29, 0.717) is 12.0 Å². The van der Waals surface area contributed by atoms with Crippen LogP contribution in [0.2, 0.25) is 0 Å². The Labute approximate surface area is 110 Å². The van der Waals surface area contributed by atoms with E-state index >= 15 is 0 Å². The Hall–Kier alpha value is -1.58. The average Bonchev–Trinajstić information content (AvgIpc) is 2.14. The van der Waals surface area contributed by atoms with Crippen molar-refractivity contribution in [3.05, 3.63) is 24.3 Å². The first-order valence-electron chi connectivity index (χ1n) is 6.09. The van der Waals surface area contributed by atoms with Crippen molar-refractivity contribution < 1.29 is 9.59 Å². The summed E-state index contributed by atoms with van der Waals surface area (Å²) in [7, 11) is 0. The largest absolute Gasteiger partial charge is 0.350 e. The molecule has 0 fully saturated rings. The first-order chi connectivity index (χ1) is 8.14. The molecule has 0 atom stereocenters. The van der Waals surface area contributed by atoms with E-state index in [4.69, 9.17) is 0 Å². The van der Waals surface area contributed by atoms with E-state index in [-0.39, 0.29) is 17.9 Å². The van der Waals surface area contributed by atoms with Crippen LogP contribution in [-0.2, 0) is 9.59 Å². The van der Waals surface area contributed by atoms with E-state index in [9.17, 15) is 9.59 Å². The normalized spacial score (nSPS) is 11.7. The summed E-state index contributed by atoms with van der Waals surface area (Å²) in [4.78, 5) is 22.9. The van der Waals surface area contributed by atoms with Crippen LogP contribution in [0.5, 0.6) is 0 Å².